The average Bonchev–Trinajstić information content (AvgIpc) is 3.49. The third-order valence-electron chi connectivity index (χ3n) is 5.70. The molecule has 3 fully saturated rings. The molecule has 2 atom stereocenters. The molecule has 3 aliphatic rings. The highest BCUT2D eigenvalue weighted by atomic mass is 16.6. The van der Waals surface area contributed by atoms with Crippen molar-refractivity contribution < 1.29 is 9.47 Å². The van der Waals surface area contributed by atoms with Gasteiger partial charge in [-0.15, -0.1) is 0 Å². The Labute approximate surface area is 157 Å². The lowest BCUT2D eigenvalue weighted by molar-refractivity contribution is 0.366. The molecule has 150 valence electrons. The van der Waals surface area contributed by atoms with Gasteiger partial charge in [0.25, 0.3) is 0 Å². The predicted molar refractivity (Wildman–Crippen MR) is 99.1 cm³/mol. The summed E-state index contributed by atoms with van der Waals surface area (Å²) in [6.45, 7) is 2.61. The number of nitrogens with zero attached hydrogens (tertiary/aromatic N) is 3. The van der Waals surface area contributed by atoms with Crippen LogP contribution in [0.1, 0.15) is 51.4 Å². The fraction of sp³-hybridized carbons (Fsp3) is 0.842. The van der Waals surface area contributed by atoms with Gasteiger partial charge in [-0.2, -0.15) is 0 Å². The van der Waals surface area contributed by atoms with Crippen LogP contribution in [0.5, 0.6) is 0 Å². The Morgan fingerprint density at radius 2 is 1.04 bits per heavy atom. The molecule has 3 heterocycles. The molecule has 1 aliphatic carbocycles. The summed E-state index contributed by atoms with van der Waals surface area (Å²) in [5.74, 6) is 0.755. The van der Waals surface area contributed by atoms with Crippen LogP contribution in [0.2, 0.25) is 0 Å². The van der Waals surface area contributed by atoms with Crippen LogP contribution in [0.25, 0.3) is 0 Å². The standard InChI is InChI=1S/C19H29N3O5/c23-17-20(9-1-4-14-7-8-14)18(24)22(11-3-6-16-13-27-16)19(25)21(17)10-2-5-15-12-26-15/h14-16H,1-13H2. The highest BCUT2D eigenvalue weighted by Crippen LogP contribution is 2.33. The Hall–Kier alpha value is -1.67. The highest BCUT2D eigenvalue weighted by Gasteiger charge is 2.24. The number of ether oxygens (including phenoxy) is 2. The monoisotopic (exact) mass is 379 g/mol. The van der Waals surface area contributed by atoms with Gasteiger partial charge in [0.15, 0.2) is 0 Å². The maximum atomic E-state index is 12.8. The molecule has 0 spiro atoms. The molecular formula is C19H29N3O5. The van der Waals surface area contributed by atoms with Crippen LogP contribution in [0.15, 0.2) is 14.4 Å². The molecule has 1 aromatic heterocycles. The minimum atomic E-state index is -0.475. The first-order chi connectivity index (χ1) is 13.1. The molecule has 0 N–H and O–H groups in total. The zero-order valence-electron chi connectivity index (χ0n) is 15.8. The lowest BCUT2D eigenvalue weighted by atomic mass is 10.2. The molecule has 0 radical (unpaired) electrons. The lowest BCUT2D eigenvalue weighted by Gasteiger charge is -2.14. The van der Waals surface area contributed by atoms with Crippen LogP contribution in [0.3, 0.4) is 0 Å². The summed E-state index contributed by atoms with van der Waals surface area (Å²) < 4.78 is 14.2. The van der Waals surface area contributed by atoms with E-state index >= 15 is 0 Å². The normalized spacial score (nSPS) is 23.6. The number of hydrogen-bond donors (Lipinski definition) is 0. The third-order valence-corrected chi connectivity index (χ3v) is 5.70. The van der Waals surface area contributed by atoms with E-state index < -0.39 is 17.1 Å². The van der Waals surface area contributed by atoms with E-state index in [0.717, 1.165) is 44.8 Å². The molecule has 0 bridgehead atoms. The first-order valence-electron chi connectivity index (χ1n) is 10.3. The summed E-state index contributed by atoms with van der Waals surface area (Å²) in [5.41, 5.74) is -1.39. The molecule has 2 unspecified atom stereocenters. The van der Waals surface area contributed by atoms with Crippen molar-refractivity contribution >= 4 is 0 Å². The van der Waals surface area contributed by atoms with Gasteiger partial charge in [0, 0.05) is 19.6 Å². The lowest BCUT2D eigenvalue weighted by Crippen LogP contribution is -2.54. The van der Waals surface area contributed by atoms with E-state index in [2.05, 4.69) is 0 Å². The van der Waals surface area contributed by atoms with Gasteiger partial charge in [0.05, 0.1) is 25.4 Å². The van der Waals surface area contributed by atoms with Gasteiger partial charge >= 0.3 is 17.1 Å². The van der Waals surface area contributed by atoms with E-state index in [1.807, 2.05) is 0 Å². The predicted octanol–water partition coefficient (Wildman–Crippen LogP) is 0.720. The van der Waals surface area contributed by atoms with E-state index in [1.54, 1.807) is 0 Å². The quantitative estimate of drug-likeness (QED) is 0.499. The Balaban J connectivity index is 1.52. The van der Waals surface area contributed by atoms with E-state index in [1.165, 1.54) is 26.5 Å². The Morgan fingerprint density at radius 1 is 0.667 bits per heavy atom. The van der Waals surface area contributed by atoms with Crippen molar-refractivity contribution in [2.45, 2.75) is 83.2 Å². The first kappa shape index (κ1) is 18.7. The minimum absolute atomic E-state index is 0.269. The number of aromatic nitrogens is 3. The summed E-state index contributed by atoms with van der Waals surface area (Å²) >= 11 is 0. The SMILES string of the molecule is O=c1n(CCCC2CC2)c(=O)n(CCCC2CO2)c(=O)n1CCCC1CO1. The number of epoxide rings is 2. The molecule has 8 heteroatoms. The molecule has 1 aromatic rings. The van der Waals surface area contributed by atoms with Crippen molar-refractivity contribution in [3.8, 4) is 0 Å². The molecule has 2 saturated heterocycles. The summed E-state index contributed by atoms with van der Waals surface area (Å²) in [5, 5.41) is 0. The first-order valence-corrected chi connectivity index (χ1v) is 10.3. The number of rotatable bonds is 12. The summed E-state index contributed by atoms with van der Waals surface area (Å²) in [7, 11) is 0. The summed E-state index contributed by atoms with van der Waals surface area (Å²) in [6, 6.07) is 0. The van der Waals surface area contributed by atoms with Crippen molar-refractivity contribution in [2.24, 2.45) is 5.92 Å². The third kappa shape index (κ3) is 4.99. The van der Waals surface area contributed by atoms with Crippen LogP contribution in [-0.4, -0.2) is 39.1 Å². The fourth-order valence-corrected chi connectivity index (χ4v) is 3.62. The van der Waals surface area contributed by atoms with Crippen LogP contribution in [0.4, 0.5) is 0 Å². The summed E-state index contributed by atoms with van der Waals surface area (Å²) in [6.07, 6.45) is 7.99. The van der Waals surface area contributed by atoms with Gasteiger partial charge in [-0.25, -0.2) is 28.1 Å². The maximum absolute atomic E-state index is 12.8. The molecule has 0 amide bonds. The molecule has 4 rings (SSSR count). The molecular weight excluding hydrogens is 350 g/mol. The largest absolute Gasteiger partial charge is 0.373 e. The van der Waals surface area contributed by atoms with Crippen molar-refractivity contribution in [3.05, 3.63) is 31.5 Å². The Bertz CT molecular complexity index is 687. The fourth-order valence-electron chi connectivity index (χ4n) is 3.62. The molecule has 0 aromatic carbocycles. The molecule has 2 aliphatic heterocycles. The van der Waals surface area contributed by atoms with Crippen molar-refractivity contribution in [1.29, 1.82) is 0 Å². The Morgan fingerprint density at radius 3 is 1.37 bits per heavy atom. The van der Waals surface area contributed by atoms with E-state index in [4.69, 9.17) is 9.47 Å². The molecule has 27 heavy (non-hydrogen) atoms. The van der Waals surface area contributed by atoms with Gasteiger partial charge in [-0.3, -0.25) is 0 Å². The second kappa shape index (κ2) is 8.14. The van der Waals surface area contributed by atoms with Crippen LogP contribution in [0, 0.1) is 5.92 Å². The van der Waals surface area contributed by atoms with Gasteiger partial charge < -0.3 is 9.47 Å². The van der Waals surface area contributed by atoms with Crippen LogP contribution >= 0.6 is 0 Å². The zero-order chi connectivity index (χ0) is 18.8. The van der Waals surface area contributed by atoms with Crippen molar-refractivity contribution in [3.63, 3.8) is 0 Å². The van der Waals surface area contributed by atoms with E-state index in [9.17, 15) is 14.4 Å². The molecule has 8 nitrogen and oxygen atoms in total. The smallest absolute Gasteiger partial charge is 0.336 e. The second-order valence-electron chi connectivity index (χ2n) is 8.08. The van der Waals surface area contributed by atoms with E-state index in [0.29, 0.717) is 32.5 Å². The van der Waals surface area contributed by atoms with E-state index in [-0.39, 0.29) is 12.2 Å². The highest BCUT2D eigenvalue weighted by molar-refractivity contribution is 4.81. The Kier molecular flexibility index (Phi) is 5.63. The maximum Gasteiger partial charge on any atom is 0.336 e. The summed E-state index contributed by atoms with van der Waals surface area (Å²) in [4.78, 5) is 38.4. The minimum Gasteiger partial charge on any atom is -0.373 e. The van der Waals surface area contributed by atoms with Gasteiger partial charge in [-0.05, 0) is 44.4 Å². The average molecular weight is 379 g/mol. The second-order valence-corrected chi connectivity index (χ2v) is 8.08. The van der Waals surface area contributed by atoms with Gasteiger partial charge in [0.2, 0.25) is 0 Å². The van der Waals surface area contributed by atoms with Gasteiger partial charge in [-0.1, -0.05) is 12.8 Å². The van der Waals surface area contributed by atoms with Gasteiger partial charge in [0.1, 0.15) is 0 Å². The van der Waals surface area contributed by atoms with Crippen molar-refractivity contribution in [2.75, 3.05) is 13.2 Å². The topological polar surface area (TPSA) is 91.1 Å². The molecule has 1 saturated carbocycles. The zero-order valence-corrected chi connectivity index (χ0v) is 15.8. The number of hydrogen-bond acceptors (Lipinski definition) is 5. The van der Waals surface area contributed by atoms with Crippen molar-refractivity contribution in [1.82, 2.24) is 13.7 Å². The van der Waals surface area contributed by atoms with Crippen LogP contribution in [-0.2, 0) is 29.1 Å². The van der Waals surface area contributed by atoms with Crippen LogP contribution < -0.4 is 17.1 Å².